The highest BCUT2D eigenvalue weighted by Crippen LogP contribution is 2.26. The molecule has 1 heterocycles. The van der Waals surface area contributed by atoms with Gasteiger partial charge in [0.15, 0.2) is 5.16 Å². The van der Waals surface area contributed by atoms with Crippen LogP contribution in [0.1, 0.15) is 6.92 Å². The Morgan fingerprint density at radius 3 is 2.50 bits per heavy atom. The molecule has 0 bridgehead atoms. The van der Waals surface area contributed by atoms with Crippen LogP contribution in [0, 0.1) is 10.1 Å². The van der Waals surface area contributed by atoms with Crippen molar-refractivity contribution in [2.45, 2.75) is 12.1 Å². The van der Waals surface area contributed by atoms with E-state index in [0.717, 1.165) is 22.2 Å². The molecule has 136 valence electrons. The highest BCUT2D eigenvalue weighted by molar-refractivity contribution is 7.99. The molecule has 0 spiro atoms. The molecule has 3 aromatic rings. The van der Waals surface area contributed by atoms with Crippen LogP contribution in [0.5, 0.6) is 11.5 Å². The summed E-state index contributed by atoms with van der Waals surface area (Å²) in [5, 5.41) is 11.7. The van der Waals surface area contributed by atoms with Crippen LogP contribution in [0.25, 0.3) is 11.0 Å². The first kappa shape index (κ1) is 18.1. The third-order valence-corrected chi connectivity index (χ3v) is 4.75. The summed E-state index contributed by atoms with van der Waals surface area (Å²) in [6, 6.07) is 12.2. The number of nitro groups is 1. The van der Waals surface area contributed by atoms with E-state index in [1.807, 2.05) is 42.8 Å². The minimum absolute atomic E-state index is 0.0472. The van der Waals surface area contributed by atoms with Crippen LogP contribution < -0.4 is 9.47 Å². The van der Waals surface area contributed by atoms with Crippen molar-refractivity contribution in [2.24, 2.45) is 7.05 Å². The summed E-state index contributed by atoms with van der Waals surface area (Å²) in [5.74, 6) is 2.32. The summed E-state index contributed by atoms with van der Waals surface area (Å²) in [4.78, 5) is 15.0. The Hall–Kier alpha value is -2.74. The number of nitro benzene ring substituents is 1. The number of hydrogen-bond acceptors (Lipinski definition) is 6. The average molecular weight is 373 g/mol. The number of aromatic nitrogens is 2. The molecular weight excluding hydrogens is 354 g/mol. The van der Waals surface area contributed by atoms with E-state index in [-0.39, 0.29) is 5.69 Å². The minimum Gasteiger partial charge on any atom is -0.494 e. The van der Waals surface area contributed by atoms with Crippen molar-refractivity contribution in [2.75, 3.05) is 19.0 Å². The second kappa shape index (κ2) is 8.09. The van der Waals surface area contributed by atoms with Gasteiger partial charge >= 0.3 is 0 Å². The van der Waals surface area contributed by atoms with Gasteiger partial charge in [0.25, 0.3) is 5.69 Å². The first-order valence-corrected chi connectivity index (χ1v) is 9.16. The SMILES string of the molecule is CCOc1ccc(OCCSc2nc3cc([N+](=O)[O-])ccc3n2C)cc1. The molecule has 0 unspecified atom stereocenters. The Labute approximate surface area is 155 Å². The summed E-state index contributed by atoms with van der Waals surface area (Å²) >= 11 is 1.55. The Morgan fingerprint density at radius 2 is 1.85 bits per heavy atom. The van der Waals surface area contributed by atoms with E-state index >= 15 is 0 Å². The van der Waals surface area contributed by atoms with Crippen LogP contribution in [0.3, 0.4) is 0 Å². The molecule has 0 atom stereocenters. The topological polar surface area (TPSA) is 79.4 Å². The highest BCUT2D eigenvalue weighted by Gasteiger charge is 2.12. The third-order valence-electron chi connectivity index (χ3n) is 3.75. The van der Waals surface area contributed by atoms with Crippen molar-refractivity contribution >= 4 is 28.5 Å². The first-order chi connectivity index (χ1) is 12.6. The van der Waals surface area contributed by atoms with Crippen LogP contribution in [-0.4, -0.2) is 33.4 Å². The number of hydrogen-bond donors (Lipinski definition) is 0. The molecule has 0 amide bonds. The number of thioether (sulfide) groups is 1. The molecule has 0 aliphatic rings. The van der Waals surface area contributed by atoms with Crippen molar-refractivity contribution in [3.63, 3.8) is 0 Å². The van der Waals surface area contributed by atoms with E-state index < -0.39 is 4.92 Å². The van der Waals surface area contributed by atoms with Crippen molar-refractivity contribution in [1.29, 1.82) is 0 Å². The summed E-state index contributed by atoms with van der Waals surface area (Å²) in [5.41, 5.74) is 1.54. The lowest BCUT2D eigenvalue weighted by Gasteiger charge is -2.07. The van der Waals surface area contributed by atoms with Gasteiger partial charge in [0.05, 0.1) is 29.2 Å². The Balaban J connectivity index is 1.57. The van der Waals surface area contributed by atoms with Crippen molar-refractivity contribution < 1.29 is 14.4 Å². The molecule has 0 fully saturated rings. The lowest BCUT2D eigenvalue weighted by Crippen LogP contribution is -2.01. The zero-order valence-corrected chi connectivity index (χ0v) is 15.4. The highest BCUT2D eigenvalue weighted by atomic mass is 32.2. The second-order valence-electron chi connectivity index (χ2n) is 5.48. The normalized spacial score (nSPS) is 10.8. The maximum absolute atomic E-state index is 10.9. The smallest absolute Gasteiger partial charge is 0.271 e. The molecule has 0 N–H and O–H groups in total. The third kappa shape index (κ3) is 4.08. The maximum Gasteiger partial charge on any atom is 0.271 e. The van der Waals surface area contributed by atoms with Gasteiger partial charge in [0, 0.05) is 24.9 Å². The first-order valence-electron chi connectivity index (χ1n) is 8.18. The molecule has 0 aliphatic heterocycles. The van der Waals surface area contributed by atoms with Crippen LogP contribution in [0.15, 0.2) is 47.6 Å². The van der Waals surface area contributed by atoms with E-state index in [1.54, 1.807) is 17.8 Å². The van der Waals surface area contributed by atoms with E-state index in [2.05, 4.69) is 4.98 Å². The Bertz CT molecular complexity index is 909. The minimum atomic E-state index is -0.411. The molecule has 1 aromatic heterocycles. The van der Waals surface area contributed by atoms with Gasteiger partial charge in [-0.25, -0.2) is 4.98 Å². The molecule has 0 radical (unpaired) electrons. The number of nitrogens with zero attached hydrogens (tertiary/aromatic N) is 3. The number of imidazole rings is 1. The number of rotatable bonds is 8. The van der Waals surface area contributed by atoms with Crippen molar-refractivity contribution in [1.82, 2.24) is 9.55 Å². The lowest BCUT2D eigenvalue weighted by molar-refractivity contribution is -0.384. The molecule has 2 aromatic carbocycles. The van der Waals surface area contributed by atoms with Gasteiger partial charge in [-0.2, -0.15) is 0 Å². The fourth-order valence-corrected chi connectivity index (χ4v) is 3.30. The van der Waals surface area contributed by atoms with E-state index in [4.69, 9.17) is 9.47 Å². The Morgan fingerprint density at radius 1 is 1.15 bits per heavy atom. The monoisotopic (exact) mass is 373 g/mol. The molecule has 0 saturated carbocycles. The van der Waals surface area contributed by atoms with E-state index in [1.165, 1.54) is 12.1 Å². The molecule has 7 nitrogen and oxygen atoms in total. The van der Waals surface area contributed by atoms with Crippen LogP contribution in [0.2, 0.25) is 0 Å². The number of fused-ring (bicyclic) bond motifs is 1. The zero-order valence-electron chi connectivity index (χ0n) is 14.5. The molecular formula is C18H19N3O4S. The molecule has 0 aliphatic carbocycles. The molecule has 8 heteroatoms. The van der Waals surface area contributed by atoms with Gasteiger partial charge in [-0.15, -0.1) is 0 Å². The largest absolute Gasteiger partial charge is 0.494 e. The van der Waals surface area contributed by atoms with Crippen LogP contribution in [-0.2, 0) is 7.05 Å². The standard InChI is InChI=1S/C18H19N3O4S/c1-3-24-14-5-7-15(8-6-14)25-10-11-26-18-19-16-12-13(21(22)23)4-9-17(16)20(18)2/h4-9,12H,3,10-11H2,1-2H3. The fourth-order valence-electron chi connectivity index (χ4n) is 2.50. The molecule has 26 heavy (non-hydrogen) atoms. The fraction of sp³-hybridized carbons (Fsp3) is 0.278. The van der Waals surface area contributed by atoms with Gasteiger partial charge in [-0.05, 0) is 37.3 Å². The van der Waals surface area contributed by atoms with Gasteiger partial charge in [-0.3, -0.25) is 10.1 Å². The van der Waals surface area contributed by atoms with Gasteiger partial charge < -0.3 is 14.0 Å². The number of non-ortho nitro benzene ring substituents is 1. The summed E-state index contributed by atoms with van der Waals surface area (Å²) in [7, 11) is 1.90. The average Bonchev–Trinajstić information content (AvgIpc) is 2.95. The van der Waals surface area contributed by atoms with Crippen molar-refractivity contribution in [3.8, 4) is 11.5 Å². The van der Waals surface area contributed by atoms with Gasteiger partial charge in [0.1, 0.15) is 11.5 Å². The number of benzene rings is 2. The van der Waals surface area contributed by atoms with E-state index in [0.29, 0.717) is 24.5 Å². The number of aryl methyl sites for hydroxylation is 1. The summed E-state index contributed by atoms with van der Waals surface area (Å²) in [6.07, 6.45) is 0. The predicted octanol–water partition coefficient (Wildman–Crippen LogP) is 4.05. The Kier molecular flexibility index (Phi) is 5.62. The van der Waals surface area contributed by atoms with Gasteiger partial charge in [-0.1, -0.05) is 11.8 Å². The molecule has 3 rings (SSSR count). The van der Waals surface area contributed by atoms with E-state index in [9.17, 15) is 10.1 Å². The maximum atomic E-state index is 10.9. The summed E-state index contributed by atoms with van der Waals surface area (Å²) in [6.45, 7) is 3.11. The number of ether oxygens (including phenoxy) is 2. The van der Waals surface area contributed by atoms with Gasteiger partial charge in [0.2, 0.25) is 0 Å². The molecule has 0 saturated heterocycles. The predicted molar refractivity (Wildman–Crippen MR) is 101 cm³/mol. The quantitative estimate of drug-likeness (QED) is 0.256. The van der Waals surface area contributed by atoms with Crippen molar-refractivity contribution in [3.05, 3.63) is 52.6 Å². The lowest BCUT2D eigenvalue weighted by atomic mass is 10.3. The van der Waals surface area contributed by atoms with Crippen LogP contribution in [0.4, 0.5) is 5.69 Å². The van der Waals surface area contributed by atoms with Crippen LogP contribution >= 0.6 is 11.8 Å². The zero-order chi connectivity index (χ0) is 18.5. The second-order valence-corrected chi connectivity index (χ2v) is 6.55. The summed E-state index contributed by atoms with van der Waals surface area (Å²) < 4.78 is 13.1.